The van der Waals surface area contributed by atoms with E-state index < -0.39 is 6.61 Å². The minimum Gasteiger partial charge on any atom is -0.433 e. The van der Waals surface area contributed by atoms with Crippen LogP contribution in [0.25, 0.3) is 10.9 Å². The van der Waals surface area contributed by atoms with Crippen molar-refractivity contribution in [3.8, 4) is 5.75 Å². The number of fused-ring (bicyclic) bond motifs is 1. The van der Waals surface area contributed by atoms with Crippen LogP contribution in [-0.4, -0.2) is 16.8 Å². The Labute approximate surface area is 72.3 Å². The maximum Gasteiger partial charge on any atom is 0.387 e. The van der Waals surface area contributed by atoms with Gasteiger partial charge >= 0.3 is 6.61 Å². The molecule has 0 spiro atoms. The Morgan fingerprint density at radius 1 is 1.38 bits per heavy atom. The number of aromatic amines is 1. The molecule has 0 saturated heterocycles. The van der Waals surface area contributed by atoms with Crippen molar-refractivity contribution in [2.45, 2.75) is 6.61 Å². The Kier molecular flexibility index (Phi) is 1.84. The van der Waals surface area contributed by atoms with E-state index in [9.17, 15) is 8.78 Å². The molecule has 0 atom stereocenters. The molecule has 68 valence electrons. The number of hydrogen-bond donors (Lipinski definition) is 1. The van der Waals surface area contributed by atoms with E-state index in [1.807, 2.05) is 0 Å². The molecule has 0 aliphatic heterocycles. The Morgan fingerprint density at radius 2 is 2.23 bits per heavy atom. The van der Waals surface area contributed by atoms with Crippen LogP contribution in [0.15, 0.2) is 24.4 Å². The Balaban J connectivity index is 2.48. The number of halogens is 2. The smallest absolute Gasteiger partial charge is 0.387 e. The SMILES string of the molecule is FC(F)Oc1cccc2cn[nH]c12. The van der Waals surface area contributed by atoms with Crippen LogP contribution in [0.2, 0.25) is 0 Å². The summed E-state index contributed by atoms with van der Waals surface area (Å²) < 4.78 is 28.1. The fraction of sp³-hybridized carbons (Fsp3) is 0.125. The van der Waals surface area contributed by atoms with Gasteiger partial charge in [-0.15, -0.1) is 0 Å². The fourth-order valence-corrected chi connectivity index (χ4v) is 1.14. The monoisotopic (exact) mass is 184 g/mol. The molecule has 2 rings (SSSR count). The summed E-state index contributed by atoms with van der Waals surface area (Å²) in [6, 6.07) is 4.86. The minimum absolute atomic E-state index is 0.116. The van der Waals surface area contributed by atoms with Crippen LogP contribution in [0, 0.1) is 0 Å². The van der Waals surface area contributed by atoms with Crippen LogP contribution in [0.5, 0.6) is 5.75 Å². The second-order valence-electron chi connectivity index (χ2n) is 2.47. The number of H-pyrrole nitrogens is 1. The highest BCUT2D eigenvalue weighted by atomic mass is 19.3. The number of rotatable bonds is 2. The van der Waals surface area contributed by atoms with E-state index in [-0.39, 0.29) is 5.75 Å². The Morgan fingerprint density at radius 3 is 3.00 bits per heavy atom. The summed E-state index contributed by atoms with van der Waals surface area (Å²) >= 11 is 0. The van der Waals surface area contributed by atoms with Gasteiger partial charge in [-0.2, -0.15) is 13.9 Å². The molecule has 1 aromatic carbocycles. The third-order valence-corrected chi connectivity index (χ3v) is 1.65. The van der Waals surface area contributed by atoms with Crippen molar-refractivity contribution in [2.75, 3.05) is 0 Å². The number of benzene rings is 1. The quantitative estimate of drug-likeness (QED) is 0.776. The van der Waals surface area contributed by atoms with E-state index in [4.69, 9.17) is 0 Å². The molecule has 0 unspecified atom stereocenters. The van der Waals surface area contributed by atoms with Crippen molar-refractivity contribution in [2.24, 2.45) is 0 Å². The van der Waals surface area contributed by atoms with E-state index in [2.05, 4.69) is 14.9 Å². The average molecular weight is 184 g/mol. The molecule has 1 aromatic heterocycles. The number of nitrogens with zero attached hydrogens (tertiary/aromatic N) is 1. The lowest BCUT2D eigenvalue weighted by Gasteiger charge is -2.03. The standard InChI is InChI=1S/C8H6F2N2O/c9-8(10)13-6-3-1-2-5-4-11-12-7(5)6/h1-4,8H,(H,11,12). The van der Waals surface area contributed by atoms with Gasteiger partial charge in [-0.25, -0.2) is 0 Å². The molecule has 13 heavy (non-hydrogen) atoms. The van der Waals surface area contributed by atoms with Crippen LogP contribution >= 0.6 is 0 Å². The maximum atomic E-state index is 11.9. The molecule has 5 heteroatoms. The molecule has 1 heterocycles. The average Bonchev–Trinajstić information content (AvgIpc) is 2.51. The molecule has 3 nitrogen and oxygen atoms in total. The van der Waals surface area contributed by atoms with Crippen molar-refractivity contribution in [1.82, 2.24) is 10.2 Å². The number of aromatic nitrogens is 2. The number of ether oxygens (including phenoxy) is 1. The summed E-state index contributed by atoms with van der Waals surface area (Å²) in [5.41, 5.74) is 0.489. The molecule has 2 aromatic rings. The van der Waals surface area contributed by atoms with Gasteiger partial charge in [0.2, 0.25) is 0 Å². The molecular formula is C8H6F2N2O. The predicted molar refractivity (Wildman–Crippen MR) is 42.7 cm³/mol. The van der Waals surface area contributed by atoms with E-state index in [1.54, 1.807) is 18.3 Å². The summed E-state index contributed by atoms with van der Waals surface area (Å²) in [5.74, 6) is 0.116. The number of hydrogen-bond acceptors (Lipinski definition) is 2. The van der Waals surface area contributed by atoms with Crippen LogP contribution < -0.4 is 4.74 Å². The van der Waals surface area contributed by atoms with Crippen molar-refractivity contribution in [1.29, 1.82) is 0 Å². The van der Waals surface area contributed by atoms with Gasteiger partial charge in [0, 0.05) is 5.39 Å². The Bertz CT molecular complexity index is 413. The largest absolute Gasteiger partial charge is 0.433 e. The van der Waals surface area contributed by atoms with E-state index in [0.29, 0.717) is 5.52 Å². The number of alkyl halides is 2. The normalized spacial score (nSPS) is 11.0. The highest BCUT2D eigenvalue weighted by molar-refractivity contribution is 5.83. The molecule has 0 fully saturated rings. The maximum absolute atomic E-state index is 11.9. The summed E-state index contributed by atoms with van der Waals surface area (Å²) in [6.07, 6.45) is 1.55. The van der Waals surface area contributed by atoms with Crippen LogP contribution in [0.1, 0.15) is 0 Å². The molecule has 0 saturated carbocycles. The zero-order valence-corrected chi connectivity index (χ0v) is 6.50. The summed E-state index contributed by atoms with van der Waals surface area (Å²) in [4.78, 5) is 0. The third-order valence-electron chi connectivity index (χ3n) is 1.65. The lowest BCUT2D eigenvalue weighted by atomic mass is 10.2. The first-order valence-corrected chi connectivity index (χ1v) is 3.64. The second kappa shape index (κ2) is 3.01. The number of para-hydroxylation sites is 1. The van der Waals surface area contributed by atoms with Gasteiger partial charge in [-0.05, 0) is 6.07 Å². The first-order valence-electron chi connectivity index (χ1n) is 3.64. The molecule has 0 aliphatic carbocycles. The molecule has 0 bridgehead atoms. The summed E-state index contributed by atoms with van der Waals surface area (Å²) in [5, 5.41) is 7.05. The molecule has 1 N–H and O–H groups in total. The lowest BCUT2D eigenvalue weighted by molar-refractivity contribution is -0.0489. The fourth-order valence-electron chi connectivity index (χ4n) is 1.14. The summed E-state index contributed by atoms with van der Waals surface area (Å²) in [7, 11) is 0. The van der Waals surface area contributed by atoms with Crippen molar-refractivity contribution in [3.63, 3.8) is 0 Å². The van der Waals surface area contributed by atoms with Gasteiger partial charge in [0.15, 0.2) is 5.75 Å². The highest BCUT2D eigenvalue weighted by Crippen LogP contribution is 2.23. The Hall–Kier alpha value is -1.65. The molecule has 0 aliphatic rings. The van der Waals surface area contributed by atoms with Crippen LogP contribution in [0.3, 0.4) is 0 Å². The lowest BCUT2D eigenvalue weighted by Crippen LogP contribution is -2.02. The van der Waals surface area contributed by atoms with Crippen molar-refractivity contribution >= 4 is 10.9 Å². The molecule has 0 amide bonds. The number of nitrogens with one attached hydrogen (secondary N) is 1. The highest BCUT2D eigenvalue weighted by Gasteiger charge is 2.08. The van der Waals surface area contributed by atoms with Gasteiger partial charge < -0.3 is 4.74 Å². The second-order valence-corrected chi connectivity index (χ2v) is 2.47. The zero-order valence-electron chi connectivity index (χ0n) is 6.50. The first kappa shape index (κ1) is 7.97. The summed E-state index contributed by atoms with van der Waals surface area (Å²) in [6.45, 7) is -2.81. The first-order chi connectivity index (χ1) is 6.27. The van der Waals surface area contributed by atoms with Crippen molar-refractivity contribution in [3.05, 3.63) is 24.4 Å². The van der Waals surface area contributed by atoms with Crippen LogP contribution in [0.4, 0.5) is 8.78 Å². The van der Waals surface area contributed by atoms with E-state index >= 15 is 0 Å². The zero-order chi connectivity index (χ0) is 9.26. The van der Waals surface area contributed by atoms with Gasteiger partial charge in [0.1, 0.15) is 5.52 Å². The van der Waals surface area contributed by atoms with E-state index in [0.717, 1.165) is 5.39 Å². The van der Waals surface area contributed by atoms with Crippen molar-refractivity contribution < 1.29 is 13.5 Å². The minimum atomic E-state index is -2.81. The third kappa shape index (κ3) is 1.44. The van der Waals surface area contributed by atoms with Gasteiger partial charge in [0.05, 0.1) is 6.20 Å². The molecule has 0 radical (unpaired) electrons. The molecular weight excluding hydrogens is 178 g/mol. The van der Waals surface area contributed by atoms with Gasteiger partial charge in [-0.1, -0.05) is 12.1 Å². The van der Waals surface area contributed by atoms with Gasteiger partial charge in [-0.3, -0.25) is 5.10 Å². The van der Waals surface area contributed by atoms with Crippen LogP contribution in [-0.2, 0) is 0 Å². The van der Waals surface area contributed by atoms with E-state index in [1.165, 1.54) is 6.07 Å². The topological polar surface area (TPSA) is 37.9 Å². The predicted octanol–water partition coefficient (Wildman–Crippen LogP) is 2.16. The van der Waals surface area contributed by atoms with Gasteiger partial charge in [0.25, 0.3) is 0 Å².